The Morgan fingerprint density at radius 1 is 0.778 bits per heavy atom. The van der Waals surface area contributed by atoms with E-state index in [9.17, 15) is 5.11 Å². The lowest BCUT2D eigenvalue weighted by molar-refractivity contribution is 0.475. The number of unbranched alkanes of at least 4 members (excludes halogenated alkanes) is 4. The third-order valence-electron chi connectivity index (χ3n) is 5.81. The Morgan fingerprint density at radius 2 is 1.44 bits per heavy atom. The maximum absolute atomic E-state index is 9.94. The van der Waals surface area contributed by atoms with Crippen LogP contribution in [0.3, 0.4) is 0 Å². The molecule has 2 unspecified atom stereocenters. The van der Waals surface area contributed by atoms with E-state index in [1.54, 1.807) is 6.07 Å². The van der Waals surface area contributed by atoms with Crippen LogP contribution in [-0.4, -0.2) is 5.11 Å². The van der Waals surface area contributed by atoms with Gasteiger partial charge in [0.2, 0.25) is 0 Å². The molecule has 27 heavy (non-hydrogen) atoms. The summed E-state index contributed by atoms with van der Waals surface area (Å²) in [6, 6.07) is 14.7. The van der Waals surface area contributed by atoms with Crippen molar-refractivity contribution in [2.45, 2.75) is 90.9 Å². The van der Waals surface area contributed by atoms with Gasteiger partial charge in [-0.15, -0.1) is 0 Å². The third-order valence-corrected chi connectivity index (χ3v) is 5.81. The standard InChI is InChI=1S/C26H38O/c1-5-7-9-12-20(3)22-16-17-25(23-14-11-15-24(27)18-23)26(19-22)21(4)13-10-8-6-2/h11,14-21,27H,5-10,12-13H2,1-4H3. The van der Waals surface area contributed by atoms with Gasteiger partial charge in [-0.2, -0.15) is 0 Å². The molecule has 0 saturated carbocycles. The normalized spacial score (nSPS) is 13.5. The Kier molecular flexibility index (Phi) is 8.91. The monoisotopic (exact) mass is 366 g/mol. The molecule has 1 nitrogen and oxygen atoms in total. The molecule has 0 amide bonds. The van der Waals surface area contributed by atoms with Gasteiger partial charge in [0.25, 0.3) is 0 Å². The minimum atomic E-state index is 0.342. The van der Waals surface area contributed by atoms with Gasteiger partial charge in [-0.25, -0.2) is 0 Å². The quantitative estimate of drug-likeness (QED) is 0.396. The van der Waals surface area contributed by atoms with Gasteiger partial charge in [-0.05, 0) is 59.1 Å². The Balaban J connectivity index is 2.32. The minimum absolute atomic E-state index is 0.342. The fourth-order valence-corrected chi connectivity index (χ4v) is 3.96. The Morgan fingerprint density at radius 3 is 2.07 bits per heavy atom. The van der Waals surface area contributed by atoms with Gasteiger partial charge in [0.1, 0.15) is 5.75 Å². The van der Waals surface area contributed by atoms with E-state index in [1.807, 2.05) is 12.1 Å². The molecule has 2 aromatic rings. The molecule has 0 aliphatic heterocycles. The zero-order valence-corrected chi connectivity index (χ0v) is 17.8. The van der Waals surface area contributed by atoms with E-state index < -0.39 is 0 Å². The summed E-state index contributed by atoms with van der Waals surface area (Å²) in [6.07, 6.45) is 10.3. The Bertz CT molecular complexity index is 688. The predicted molar refractivity (Wildman–Crippen MR) is 119 cm³/mol. The lowest BCUT2D eigenvalue weighted by Gasteiger charge is -2.21. The van der Waals surface area contributed by atoms with Crippen molar-refractivity contribution in [1.82, 2.24) is 0 Å². The van der Waals surface area contributed by atoms with Crippen LogP contribution >= 0.6 is 0 Å². The highest BCUT2D eigenvalue weighted by Crippen LogP contribution is 2.36. The van der Waals surface area contributed by atoms with E-state index >= 15 is 0 Å². The van der Waals surface area contributed by atoms with Gasteiger partial charge >= 0.3 is 0 Å². The lowest BCUT2D eigenvalue weighted by atomic mass is 9.84. The topological polar surface area (TPSA) is 20.2 Å². The Labute approximate surface area is 166 Å². The van der Waals surface area contributed by atoms with Gasteiger partial charge in [-0.1, -0.05) is 96.6 Å². The van der Waals surface area contributed by atoms with Crippen LogP contribution in [0.5, 0.6) is 5.75 Å². The van der Waals surface area contributed by atoms with Crippen LogP contribution in [0.15, 0.2) is 42.5 Å². The maximum atomic E-state index is 9.94. The molecule has 0 aliphatic rings. The van der Waals surface area contributed by atoms with Crippen molar-refractivity contribution in [3.05, 3.63) is 53.6 Å². The SMILES string of the molecule is CCCCCC(C)c1ccc(-c2cccc(O)c2)c(C(C)CCCCC)c1. The summed E-state index contributed by atoms with van der Waals surface area (Å²) < 4.78 is 0. The lowest BCUT2D eigenvalue weighted by Crippen LogP contribution is -2.01. The average molecular weight is 367 g/mol. The van der Waals surface area contributed by atoms with Crippen molar-refractivity contribution in [3.8, 4) is 16.9 Å². The first-order chi connectivity index (χ1) is 13.1. The zero-order valence-electron chi connectivity index (χ0n) is 17.8. The number of hydrogen-bond donors (Lipinski definition) is 1. The van der Waals surface area contributed by atoms with Crippen molar-refractivity contribution < 1.29 is 5.11 Å². The number of rotatable bonds is 11. The molecule has 0 saturated heterocycles. The molecule has 0 heterocycles. The molecule has 0 aromatic heterocycles. The number of benzene rings is 2. The van der Waals surface area contributed by atoms with E-state index in [0.29, 0.717) is 17.6 Å². The number of aromatic hydroxyl groups is 1. The van der Waals surface area contributed by atoms with Crippen molar-refractivity contribution in [2.24, 2.45) is 0 Å². The summed E-state index contributed by atoms with van der Waals surface area (Å²) in [6.45, 7) is 9.26. The first-order valence-electron chi connectivity index (χ1n) is 11.0. The first-order valence-corrected chi connectivity index (χ1v) is 11.0. The third kappa shape index (κ3) is 6.41. The van der Waals surface area contributed by atoms with Crippen LogP contribution in [0.1, 0.15) is 102 Å². The zero-order chi connectivity index (χ0) is 19.6. The van der Waals surface area contributed by atoms with E-state index in [2.05, 4.69) is 52.0 Å². The number of phenols is 1. The molecular formula is C26H38O. The van der Waals surface area contributed by atoms with E-state index in [4.69, 9.17) is 0 Å². The van der Waals surface area contributed by atoms with Gasteiger partial charge in [0, 0.05) is 0 Å². The van der Waals surface area contributed by atoms with Crippen LogP contribution in [0.25, 0.3) is 11.1 Å². The largest absolute Gasteiger partial charge is 0.508 e. The van der Waals surface area contributed by atoms with Gasteiger partial charge in [0.05, 0.1) is 0 Å². The fraction of sp³-hybridized carbons (Fsp3) is 0.538. The second-order valence-electron chi connectivity index (χ2n) is 8.19. The second-order valence-corrected chi connectivity index (χ2v) is 8.19. The van der Waals surface area contributed by atoms with Crippen LogP contribution in [-0.2, 0) is 0 Å². The minimum Gasteiger partial charge on any atom is -0.508 e. The molecule has 0 bridgehead atoms. The summed E-state index contributed by atoms with van der Waals surface area (Å²) in [4.78, 5) is 0. The fourth-order valence-electron chi connectivity index (χ4n) is 3.96. The van der Waals surface area contributed by atoms with Gasteiger partial charge < -0.3 is 5.11 Å². The average Bonchev–Trinajstić information content (AvgIpc) is 2.67. The van der Waals surface area contributed by atoms with Crippen molar-refractivity contribution in [1.29, 1.82) is 0 Å². The van der Waals surface area contributed by atoms with Crippen molar-refractivity contribution in [2.75, 3.05) is 0 Å². The summed E-state index contributed by atoms with van der Waals surface area (Å²) >= 11 is 0. The maximum Gasteiger partial charge on any atom is 0.116 e. The molecule has 0 spiro atoms. The highest BCUT2D eigenvalue weighted by Gasteiger charge is 2.15. The molecule has 2 atom stereocenters. The summed E-state index contributed by atoms with van der Waals surface area (Å²) in [7, 11) is 0. The number of hydrogen-bond acceptors (Lipinski definition) is 1. The van der Waals surface area contributed by atoms with Crippen LogP contribution in [0, 0.1) is 0 Å². The second kappa shape index (κ2) is 11.2. The number of phenolic OH excluding ortho intramolecular Hbond substituents is 1. The molecule has 1 heteroatoms. The molecule has 148 valence electrons. The summed E-state index contributed by atoms with van der Waals surface area (Å²) in [5.41, 5.74) is 5.31. The highest BCUT2D eigenvalue weighted by molar-refractivity contribution is 5.70. The molecule has 2 aromatic carbocycles. The van der Waals surface area contributed by atoms with Crippen molar-refractivity contribution >= 4 is 0 Å². The molecular weight excluding hydrogens is 328 g/mol. The molecule has 1 N–H and O–H groups in total. The van der Waals surface area contributed by atoms with Crippen LogP contribution in [0.2, 0.25) is 0 Å². The van der Waals surface area contributed by atoms with Gasteiger partial charge in [-0.3, -0.25) is 0 Å². The molecule has 0 aliphatic carbocycles. The molecule has 0 fully saturated rings. The molecule has 0 radical (unpaired) electrons. The predicted octanol–water partition coefficient (Wildman–Crippen LogP) is 8.43. The van der Waals surface area contributed by atoms with Crippen LogP contribution < -0.4 is 0 Å². The van der Waals surface area contributed by atoms with Crippen LogP contribution in [0.4, 0.5) is 0 Å². The smallest absolute Gasteiger partial charge is 0.116 e. The van der Waals surface area contributed by atoms with E-state index in [0.717, 1.165) is 5.56 Å². The highest BCUT2D eigenvalue weighted by atomic mass is 16.3. The van der Waals surface area contributed by atoms with Gasteiger partial charge in [0.15, 0.2) is 0 Å². The van der Waals surface area contributed by atoms with Crippen molar-refractivity contribution in [3.63, 3.8) is 0 Å². The van der Waals surface area contributed by atoms with E-state index in [1.165, 1.54) is 68.1 Å². The van der Waals surface area contributed by atoms with E-state index in [-0.39, 0.29) is 0 Å². The summed E-state index contributed by atoms with van der Waals surface area (Å²) in [5, 5.41) is 9.94. The Hall–Kier alpha value is -1.76. The molecule has 2 rings (SSSR count). The summed E-state index contributed by atoms with van der Waals surface area (Å²) in [5.74, 6) is 1.49. The first kappa shape index (κ1) is 21.5.